The third kappa shape index (κ3) is 2.77. The molecular weight excluding hydrogens is 222 g/mol. The third-order valence-electron chi connectivity index (χ3n) is 2.48. The van der Waals surface area contributed by atoms with Crippen LogP contribution in [0.1, 0.15) is 19.4 Å². The summed E-state index contributed by atoms with van der Waals surface area (Å²) in [6.45, 7) is 3.94. The first-order chi connectivity index (χ1) is 7.48. The Morgan fingerprint density at radius 3 is 2.50 bits per heavy atom. The van der Waals surface area contributed by atoms with E-state index in [0.29, 0.717) is 5.02 Å². The molecule has 0 aromatic heterocycles. The molecule has 0 heterocycles. The fourth-order valence-electron chi connectivity index (χ4n) is 1.35. The summed E-state index contributed by atoms with van der Waals surface area (Å²) in [5, 5.41) is 3.33. The zero-order valence-electron chi connectivity index (χ0n) is 9.38. The molecule has 2 nitrogen and oxygen atoms in total. The summed E-state index contributed by atoms with van der Waals surface area (Å²) in [5.74, 6) is 2.29. The summed E-state index contributed by atoms with van der Waals surface area (Å²) in [6, 6.07) is 7.23. The number of carbonyl (C=O) groups excluding carboxylic acids is 1. The Morgan fingerprint density at radius 1 is 1.44 bits per heavy atom. The Kier molecular flexibility index (Phi) is 3.98. The van der Waals surface area contributed by atoms with E-state index in [9.17, 15) is 4.79 Å². The minimum atomic E-state index is -0.610. The first-order valence-corrected chi connectivity index (χ1v) is 5.34. The van der Waals surface area contributed by atoms with Crippen molar-refractivity contribution in [1.29, 1.82) is 0 Å². The van der Waals surface area contributed by atoms with E-state index in [-0.39, 0.29) is 12.5 Å². The van der Waals surface area contributed by atoms with Gasteiger partial charge in [0, 0.05) is 5.02 Å². The molecule has 16 heavy (non-hydrogen) atoms. The number of terminal acetylenes is 1. The van der Waals surface area contributed by atoms with Crippen LogP contribution in [-0.4, -0.2) is 12.5 Å². The van der Waals surface area contributed by atoms with Crippen LogP contribution in [0.15, 0.2) is 24.3 Å². The molecule has 1 rings (SSSR count). The molecule has 0 radical (unpaired) electrons. The van der Waals surface area contributed by atoms with Gasteiger partial charge in [-0.3, -0.25) is 4.79 Å². The molecule has 84 valence electrons. The predicted octanol–water partition coefficient (Wildman–Crippen LogP) is 2.37. The smallest absolute Gasteiger partial charge is 0.230 e. The van der Waals surface area contributed by atoms with Gasteiger partial charge in [0.2, 0.25) is 5.91 Å². The van der Waals surface area contributed by atoms with Crippen molar-refractivity contribution in [2.75, 3.05) is 6.54 Å². The molecule has 3 heteroatoms. The van der Waals surface area contributed by atoms with Crippen LogP contribution in [-0.2, 0) is 10.2 Å². The summed E-state index contributed by atoms with van der Waals surface area (Å²) < 4.78 is 0. The van der Waals surface area contributed by atoms with Crippen molar-refractivity contribution >= 4 is 17.5 Å². The second-order valence-corrected chi connectivity index (χ2v) is 4.46. The van der Waals surface area contributed by atoms with Crippen molar-refractivity contribution in [2.45, 2.75) is 19.3 Å². The largest absolute Gasteiger partial charge is 0.344 e. The average Bonchev–Trinajstić information content (AvgIpc) is 2.26. The first kappa shape index (κ1) is 12.6. The molecule has 1 N–H and O–H groups in total. The lowest BCUT2D eigenvalue weighted by Gasteiger charge is -2.23. The maximum atomic E-state index is 11.9. The maximum absolute atomic E-state index is 11.9. The van der Waals surface area contributed by atoms with Gasteiger partial charge in [-0.05, 0) is 31.5 Å². The van der Waals surface area contributed by atoms with Gasteiger partial charge in [0.05, 0.1) is 12.0 Å². The summed E-state index contributed by atoms with van der Waals surface area (Å²) in [6.07, 6.45) is 5.10. The van der Waals surface area contributed by atoms with Crippen LogP contribution in [0.25, 0.3) is 0 Å². The molecule has 1 amide bonds. The molecule has 0 saturated heterocycles. The Balaban J connectivity index is 2.88. The number of hydrogen-bond donors (Lipinski definition) is 1. The predicted molar refractivity (Wildman–Crippen MR) is 66.3 cm³/mol. The third-order valence-corrected chi connectivity index (χ3v) is 2.74. The summed E-state index contributed by atoms with van der Waals surface area (Å²) in [7, 11) is 0. The highest BCUT2D eigenvalue weighted by Gasteiger charge is 2.29. The van der Waals surface area contributed by atoms with E-state index in [2.05, 4.69) is 11.2 Å². The van der Waals surface area contributed by atoms with E-state index >= 15 is 0 Å². The quantitative estimate of drug-likeness (QED) is 0.801. The van der Waals surface area contributed by atoms with Crippen LogP contribution in [0.4, 0.5) is 0 Å². The number of hydrogen-bond acceptors (Lipinski definition) is 1. The van der Waals surface area contributed by atoms with Crippen LogP contribution in [0.3, 0.4) is 0 Å². The molecule has 0 aliphatic heterocycles. The topological polar surface area (TPSA) is 29.1 Å². The fraction of sp³-hybridized carbons (Fsp3) is 0.308. The molecule has 0 saturated carbocycles. The number of benzene rings is 1. The highest BCUT2D eigenvalue weighted by molar-refractivity contribution is 6.30. The van der Waals surface area contributed by atoms with E-state index in [4.69, 9.17) is 18.0 Å². The Hall–Kier alpha value is -1.46. The second-order valence-electron chi connectivity index (χ2n) is 4.02. The van der Waals surface area contributed by atoms with Crippen LogP contribution in [0.5, 0.6) is 0 Å². The van der Waals surface area contributed by atoms with Crippen LogP contribution < -0.4 is 5.32 Å². The highest BCUT2D eigenvalue weighted by atomic mass is 35.5. The summed E-state index contributed by atoms with van der Waals surface area (Å²) in [5.41, 5.74) is 0.299. The molecule has 1 aromatic rings. The Bertz CT molecular complexity index is 415. The van der Waals surface area contributed by atoms with Gasteiger partial charge < -0.3 is 5.32 Å². The van der Waals surface area contributed by atoms with Crippen molar-refractivity contribution in [3.63, 3.8) is 0 Å². The molecule has 1 aromatic carbocycles. The van der Waals surface area contributed by atoms with Gasteiger partial charge in [0.15, 0.2) is 0 Å². The van der Waals surface area contributed by atoms with E-state index in [1.807, 2.05) is 26.0 Å². The van der Waals surface area contributed by atoms with E-state index in [1.165, 1.54) is 0 Å². The molecular formula is C13H14ClNO. The van der Waals surface area contributed by atoms with E-state index in [1.54, 1.807) is 12.1 Å². The number of halogens is 1. The lowest BCUT2D eigenvalue weighted by Crippen LogP contribution is -2.40. The van der Waals surface area contributed by atoms with Gasteiger partial charge in [0.25, 0.3) is 0 Å². The zero-order valence-corrected chi connectivity index (χ0v) is 10.1. The summed E-state index contributed by atoms with van der Waals surface area (Å²) >= 11 is 5.80. The van der Waals surface area contributed by atoms with Crippen molar-refractivity contribution < 1.29 is 4.79 Å². The number of amides is 1. The van der Waals surface area contributed by atoms with Gasteiger partial charge in [-0.15, -0.1) is 6.42 Å². The standard InChI is InChI=1S/C13H14ClNO/c1-4-9-15-12(16)13(2,3)10-5-7-11(14)8-6-10/h1,5-8H,9H2,2-3H3,(H,15,16). The molecule has 0 aliphatic carbocycles. The van der Waals surface area contributed by atoms with Gasteiger partial charge in [0.1, 0.15) is 0 Å². The van der Waals surface area contributed by atoms with Crippen molar-refractivity contribution in [3.8, 4) is 12.3 Å². The Labute approximate surface area is 101 Å². The molecule has 0 aliphatic rings. The Morgan fingerprint density at radius 2 is 2.00 bits per heavy atom. The van der Waals surface area contributed by atoms with Crippen molar-refractivity contribution in [1.82, 2.24) is 5.32 Å². The lowest BCUT2D eigenvalue weighted by atomic mass is 9.84. The first-order valence-electron chi connectivity index (χ1n) is 4.96. The number of rotatable bonds is 3. The van der Waals surface area contributed by atoms with Gasteiger partial charge in [-0.1, -0.05) is 29.7 Å². The maximum Gasteiger partial charge on any atom is 0.230 e. The molecule has 0 spiro atoms. The lowest BCUT2D eigenvalue weighted by molar-refractivity contribution is -0.125. The normalized spacial score (nSPS) is 10.6. The minimum Gasteiger partial charge on any atom is -0.344 e. The van der Waals surface area contributed by atoms with Crippen molar-refractivity contribution in [2.24, 2.45) is 0 Å². The van der Waals surface area contributed by atoms with Gasteiger partial charge >= 0.3 is 0 Å². The fourth-order valence-corrected chi connectivity index (χ4v) is 1.48. The minimum absolute atomic E-state index is 0.0900. The highest BCUT2D eigenvalue weighted by Crippen LogP contribution is 2.24. The zero-order chi connectivity index (χ0) is 12.2. The average molecular weight is 236 g/mol. The summed E-state index contributed by atoms with van der Waals surface area (Å²) in [4.78, 5) is 11.9. The van der Waals surface area contributed by atoms with Crippen molar-refractivity contribution in [3.05, 3.63) is 34.9 Å². The van der Waals surface area contributed by atoms with E-state index in [0.717, 1.165) is 5.56 Å². The van der Waals surface area contributed by atoms with Gasteiger partial charge in [-0.25, -0.2) is 0 Å². The molecule has 0 unspecified atom stereocenters. The van der Waals surface area contributed by atoms with Gasteiger partial charge in [-0.2, -0.15) is 0 Å². The van der Waals surface area contributed by atoms with Crippen LogP contribution in [0, 0.1) is 12.3 Å². The monoisotopic (exact) mass is 235 g/mol. The molecule has 0 atom stereocenters. The molecule has 0 fully saturated rings. The second kappa shape index (κ2) is 5.05. The van der Waals surface area contributed by atoms with E-state index < -0.39 is 5.41 Å². The number of carbonyl (C=O) groups is 1. The number of nitrogens with one attached hydrogen (secondary N) is 1. The van der Waals surface area contributed by atoms with Crippen LogP contribution >= 0.6 is 11.6 Å². The molecule has 0 bridgehead atoms. The SMILES string of the molecule is C#CCNC(=O)C(C)(C)c1ccc(Cl)cc1. The van der Waals surface area contributed by atoms with Crippen LogP contribution in [0.2, 0.25) is 5.02 Å².